The Bertz CT molecular complexity index is 828. The molecule has 1 aromatic heterocycles. The van der Waals surface area contributed by atoms with Crippen LogP contribution in [0.5, 0.6) is 17.4 Å². The molecular formula is C17H14FN2O3. The Morgan fingerprint density at radius 2 is 1.65 bits per heavy atom. The Morgan fingerprint density at radius 1 is 0.957 bits per heavy atom. The van der Waals surface area contributed by atoms with Gasteiger partial charge in [0.05, 0.1) is 25.6 Å². The summed E-state index contributed by atoms with van der Waals surface area (Å²) in [6.07, 6.45) is 0. The second-order valence-electron chi connectivity index (χ2n) is 4.83. The van der Waals surface area contributed by atoms with E-state index in [9.17, 15) is 9.50 Å². The minimum atomic E-state index is -0.376. The SMILES string of the molecule is COc1ccc(-c2cc([O])nn2-c2ccc(F)cc2)cc1OC. The van der Waals surface area contributed by atoms with Gasteiger partial charge in [0.1, 0.15) is 5.82 Å². The van der Waals surface area contributed by atoms with Gasteiger partial charge in [0.15, 0.2) is 11.5 Å². The van der Waals surface area contributed by atoms with Crippen molar-refractivity contribution in [2.75, 3.05) is 14.2 Å². The van der Waals surface area contributed by atoms with Crippen molar-refractivity contribution < 1.29 is 19.0 Å². The number of hydrogen-bond acceptors (Lipinski definition) is 3. The van der Waals surface area contributed by atoms with Gasteiger partial charge in [-0.05, 0) is 42.5 Å². The fourth-order valence-corrected chi connectivity index (χ4v) is 2.34. The van der Waals surface area contributed by atoms with Gasteiger partial charge in [0.25, 0.3) is 5.88 Å². The summed E-state index contributed by atoms with van der Waals surface area (Å²) < 4.78 is 25.1. The van der Waals surface area contributed by atoms with Crippen molar-refractivity contribution in [3.05, 3.63) is 54.3 Å². The molecule has 0 saturated heterocycles. The molecule has 0 unspecified atom stereocenters. The first kappa shape index (κ1) is 14.9. The van der Waals surface area contributed by atoms with E-state index >= 15 is 0 Å². The first-order chi connectivity index (χ1) is 11.1. The maximum Gasteiger partial charge on any atom is 0.288 e. The number of aromatic nitrogens is 2. The van der Waals surface area contributed by atoms with Crippen molar-refractivity contribution in [2.24, 2.45) is 0 Å². The molecule has 0 amide bonds. The quantitative estimate of drug-likeness (QED) is 0.735. The van der Waals surface area contributed by atoms with Gasteiger partial charge in [-0.3, -0.25) is 5.11 Å². The average Bonchev–Trinajstić information content (AvgIpc) is 2.96. The standard InChI is InChI=1S/C17H14FN2O3/c1-22-15-8-3-11(9-16(15)23-2)14-10-17(21)19-20(14)13-6-4-12(18)5-7-13/h3-10H,1-2H3. The van der Waals surface area contributed by atoms with Crippen LogP contribution in [0.1, 0.15) is 0 Å². The zero-order valence-electron chi connectivity index (χ0n) is 12.6. The van der Waals surface area contributed by atoms with Crippen LogP contribution in [0.2, 0.25) is 0 Å². The summed E-state index contributed by atoms with van der Waals surface area (Å²) in [5, 5.41) is 15.7. The molecule has 0 spiro atoms. The fourth-order valence-electron chi connectivity index (χ4n) is 2.34. The van der Waals surface area contributed by atoms with Crippen LogP contribution in [0.4, 0.5) is 4.39 Å². The molecule has 0 aliphatic heterocycles. The molecule has 0 N–H and O–H groups in total. The van der Waals surface area contributed by atoms with Crippen LogP contribution >= 0.6 is 0 Å². The highest BCUT2D eigenvalue weighted by Gasteiger charge is 2.14. The van der Waals surface area contributed by atoms with Gasteiger partial charge in [-0.1, -0.05) is 0 Å². The first-order valence-electron chi connectivity index (χ1n) is 6.88. The van der Waals surface area contributed by atoms with E-state index in [0.717, 1.165) is 5.56 Å². The molecule has 3 rings (SSSR count). The molecule has 23 heavy (non-hydrogen) atoms. The zero-order valence-corrected chi connectivity index (χ0v) is 12.6. The third-order valence-corrected chi connectivity index (χ3v) is 3.44. The van der Waals surface area contributed by atoms with E-state index in [1.807, 2.05) is 0 Å². The minimum absolute atomic E-state index is 0.351. The van der Waals surface area contributed by atoms with Crippen molar-refractivity contribution in [1.82, 2.24) is 9.78 Å². The molecule has 2 aromatic carbocycles. The molecule has 5 nitrogen and oxygen atoms in total. The van der Waals surface area contributed by atoms with Crippen LogP contribution in [0.3, 0.4) is 0 Å². The van der Waals surface area contributed by atoms with Gasteiger partial charge in [-0.2, -0.15) is 0 Å². The Morgan fingerprint density at radius 3 is 2.30 bits per heavy atom. The van der Waals surface area contributed by atoms with Crippen LogP contribution < -0.4 is 9.47 Å². The van der Waals surface area contributed by atoms with E-state index in [1.54, 1.807) is 37.4 Å². The molecule has 1 heterocycles. The second-order valence-corrected chi connectivity index (χ2v) is 4.83. The minimum Gasteiger partial charge on any atom is -0.493 e. The van der Waals surface area contributed by atoms with Gasteiger partial charge in [-0.15, -0.1) is 5.10 Å². The molecule has 3 aromatic rings. The van der Waals surface area contributed by atoms with E-state index in [0.29, 0.717) is 22.9 Å². The van der Waals surface area contributed by atoms with Crippen LogP contribution in [0, 0.1) is 5.82 Å². The van der Waals surface area contributed by atoms with Gasteiger partial charge in [0.2, 0.25) is 0 Å². The normalized spacial score (nSPS) is 10.6. The van der Waals surface area contributed by atoms with E-state index in [1.165, 1.54) is 30.0 Å². The fraction of sp³-hybridized carbons (Fsp3) is 0.118. The molecule has 117 valence electrons. The highest BCUT2D eigenvalue weighted by molar-refractivity contribution is 5.67. The molecular weight excluding hydrogens is 299 g/mol. The van der Waals surface area contributed by atoms with Gasteiger partial charge in [-0.25, -0.2) is 9.07 Å². The summed E-state index contributed by atoms with van der Waals surface area (Å²) in [7, 11) is 3.09. The highest BCUT2D eigenvalue weighted by Crippen LogP contribution is 2.34. The van der Waals surface area contributed by atoms with E-state index in [-0.39, 0.29) is 11.7 Å². The maximum atomic E-state index is 13.1. The molecule has 0 fully saturated rings. The van der Waals surface area contributed by atoms with Crippen LogP contribution in [0.15, 0.2) is 48.5 Å². The molecule has 0 bridgehead atoms. The lowest BCUT2D eigenvalue weighted by molar-refractivity contribution is 0.334. The zero-order chi connectivity index (χ0) is 16.4. The van der Waals surface area contributed by atoms with Gasteiger partial charge in [0, 0.05) is 11.6 Å². The summed E-state index contributed by atoms with van der Waals surface area (Å²) in [6.45, 7) is 0. The topological polar surface area (TPSA) is 56.2 Å². The Balaban J connectivity index is 2.12. The largest absolute Gasteiger partial charge is 0.493 e. The number of methoxy groups -OCH3 is 2. The summed E-state index contributed by atoms with van der Waals surface area (Å²) in [5.74, 6) is 0.408. The van der Waals surface area contributed by atoms with Crippen molar-refractivity contribution >= 4 is 0 Å². The van der Waals surface area contributed by atoms with Crippen LogP contribution in [-0.2, 0) is 5.11 Å². The molecule has 1 radical (unpaired) electrons. The van der Waals surface area contributed by atoms with Crippen LogP contribution in [-0.4, -0.2) is 24.0 Å². The Hall–Kier alpha value is -3.02. The van der Waals surface area contributed by atoms with Crippen LogP contribution in [0.25, 0.3) is 16.9 Å². The average molecular weight is 313 g/mol. The lowest BCUT2D eigenvalue weighted by Gasteiger charge is -2.11. The summed E-state index contributed by atoms with van der Waals surface area (Å²) >= 11 is 0. The van der Waals surface area contributed by atoms with Gasteiger partial charge >= 0.3 is 0 Å². The molecule has 0 aliphatic rings. The summed E-state index contributed by atoms with van der Waals surface area (Å²) in [5.41, 5.74) is 1.92. The van der Waals surface area contributed by atoms with E-state index in [2.05, 4.69) is 5.10 Å². The number of rotatable bonds is 4. The summed E-state index contributed by atoms with van der Waals surface area (Å²) in [6, 6.07) is 12.5. The number of hydrogen-bond donors (Lipinski definition) is 0. The number of nitrogens with zero attached hydrogens (tertiary/aromatic N) is 2. The molecule has 0 aliphatic carbocycles. The molecule has 0 saturated carbocycles. The third-order valence-electron chi connectivity index (χ3n) is 3.44. The van der Waals surface area contributed by atoms with E-state index < -0.39 is 0 Å². The lowest BCUT2D eigenvalue weighted by Crippen LogP contribution is -1.99. The van der Waals surface area contributed by atoms with Crippen molar-refractivity contribution in [3.8, 4) is 34.3 Å². The Kier molecular flexibility index (Phi) is 3.89. The summed E-state index contributed by atoms with van der Waals surface area (Å²) in [4.78, 5) is 0. The second kappa shape index (κ2) is 6.00. The maximum absolute atomic E-state index is 13.1. The van der Waals surface area contributed by atoms with Gasteiger partial charge < -0.3 is 9.47 Å². The van der Waals surface area contributed by atoms with Crippen molar-refractivity contribution in [1.29, 1.82) is 0 Å². The monoisotopic (exact) mass is 313 g/mol. The lowest BCUT2D eigenvalue weighted by atomic mass is 10.1. The van der Waals surface area contributed by atoms with Crippen molar-refractivity contribution in [2.45, 2.75) is 0 Å². The van der Waals surface area contributed by atoms with E-state index in [4.69, 9.17) is 9.47 Å². The first-order valence-corrected chi connectivity index (χ1v) is 6.88. The van der Waals surface area contributed by atoms with Crippen molar-refractivity contribution in [3.63, 3.8) is 0 Å². The Labute approximate surface area is 132 Å². The molecule has 0 atom stereocenters. The predicted molar refractivity (Wildman–Crippen MR) is 82.2 cm³/mol. The predicted octanol–water partition coefficient (Wildman–Crippen LogP) is 3.84. The highest BCUT2D eigenvalue weighted by atomic mass is 19.1. The number of ether oxygens (including phenoxy) is 2. The smallest absolute Gasteiger partial charge is 0.288 e. The third kappa shape index (κ3) is 2.83. The molecule has 6 heteroatoms. The number of halogens is 1. The number of benzene rings is 2.